The number of nitrogens with one attached hydrogen (secondary N) is 2. The second-order valence-electron chi connectivity index (χ2n) is 7.20. The van der Waals surface area contributed by atoms with E-state index < -0.39 is 0 Å². The van der Waals surface area contributed by atoms with Crippen LogP contribution in [0.3, 0.4) is 0 Å². The largest absolute Gasteiger partial charge is 0.399 e. The number of H-pyrrole nitrogens is 1. The average Bonchev–Trinajstić information content (AvgIpc) is 2.71. The average molecular weight is 427 g/mol. The summed E-state index contributed by atoms with van der Waals surface area (Å²) in [4.78, 5) is 40.5. The molecule has 1 atom stereocenters. The van der Waals surface area contributed by atoms with Crippen LogP contribution in [0, 0.1) is 6.92 Å². The molecule has 1 aliphatic carbocycles. The maximum atomic E-state index is 12.7. The van der Waals surface area contributed by atoms with Crippen molar-refractivity contribution in [3.63, 3.8) is 0 Å². The van der Waals surface area contributed by atoms with Crippen molar-refractivity contribution in [1.29, 1.82) is 0 Å². The molecule has 2 heterocycles. The van der Waals surface area contributed by atoms with Gasteiger partial charge in [-0.05, 0) is 55.5 Å². The molecule has 0 radical (unpaired) electrons. The number of nitrogen functional groups attached to an aromatic ring is 1. The topological polar surface area (TPSA) is 127 Å². The van der Waals surface area contributed by atoms with E-state index in [1.54, 1.807) is 25.4 Å². The number of carbonyl (C=O) groups excluding carboxylic acids is 1. The van der Waals surface area contributed by atoms with Crippen molar-refractivity contribution >= 4 is 24.0 Å². The maximum absolute atomic E-state index is 12.7. The Labute approximate surface area is 179 Å². The third kappa shape index (κ3) is 4.49. The van der Waals surface area contributed by atoms with Crippen molar-refractivity contribution in [2.75, 3.05) is 5.73 Å². The fourth-order valence-corrected chi connectivity index (χ4v) is 3.74. The van der Waals surface area contributed by atoms with Gasteiger partial charge < -0.3 is 16.0 Å². The van der Waals surface area contributed by atoms with Crippen molar-refractivity contribution in [1.82, 2.24) is 25.3 Å². The standard InChI is InChI=1S/C21H22N6O2.ClH/c1-12-16(21(29)27-20(25-12)19-23-8-3-9-24-19)11-18(28)26-17-5-2-4-13-10-14(22)6-7-15(13)17;/h3,6-10,17H,2,4-5,11,22H2,1H3,(H,26,28)(H,25,27,29);1H. The van der Waals surface area contributed by atoms with Gasteiger partial charge >= 0.3 is 0 Å². The molecule has 1 amide bonds. The molecule has 0 spiro atoms. The van der Waals surface area contributed by atoms with E-state index in [1.807, 2.05) is 18.2 Å². The highest BCUT2D eigenvalue weighted by atomic mass is 35.5. The predicted molar refractivity (Wildman–Crippen MR) is 116 cm³/mol. The summed E-state index contributed by atoms with van der Waals surface area (Å²) in [6.45, 7) is 1.71. The monoisotopic (exact) mass is 426 g/mol. The number of benzene rings is 1. The quantitative estimate of drug-likeness (QED) is 0.549. The summed E-state index contributed by atoms with van der Waals surface area (Å²) in [7, 11) is 0. The van der Waals surface area contributed by atoms with Crippen molar-refractivity contribution < 1.29 is 4.79 Å². The van der Waals surface area contributed by atoms with Crippen molar-refractivity contribution in [2.24, 2.45) is 0 Å². The molecule has 0 saturated carbocycles. The number of aromatic amines is 1. The van der Waals surface area contributed by atoms with E-state index >= 15 is 0 Å². The van der Waals surface area contributed by atoms with Gasteiger partial charge in [-0.3, -0.25) is 9.59 Å². The SMILES string of the molecule is Cc1nc(-c2ncccn2)[nH]c(=O)c1CC(=O)NC1CCCc2cc(N)ccc21.Cl. The number of hydrogen-bond acceptors (Lipinski definition) is 6. The van der Waals surface area contributed by atoms with Gasteiger partial charge in [-0.25, -0.2) is 15.0 Å². The van der Waals surface area contributed by atoms with Crippen LogP contribution in [0.2, 0.25) is 0 Å². The summed E-state index contributed by atoms with van der Waals surface area (Å²) in [6, 6.07) is 7.41. The first-order chi connectivity index (χ1) is 14.0. The highest BCUT2D eigenvalue weighted by Gasteiger charge is 2.23. The number of nitrogens with two attached hydrogens (primary N) is 1. The van der Waals surface area contributed by atoms with Gasteiger partial charge in [-0.2, -0.15) is 0 Å². The summed E-state index contributed by atoms with van der Waals surface area (Å²) in [5.41, 5.74) is 9.35. The summed E-state index contributed by atoms with van der Waals surface area (Å²) >= 11 is 0. The molecule has 0 saturated heterocycles. The zero-order valence-electron chi connectivity index (χ0n) is 16.5. The van der Waals surface area contributed by atoms with Crippen LogP contribution in [0.25, 0.3) is 11.6 Å². The number of aromatic nitrogens is 4. The fraction of sp³-hybridized carbons (Fsp3) is 0.286. The number of aryl methyl sites for hydroxylation is 2. The molecule has 8 nitrogen and oxygen atoms in total. The number of fused-ring (bicyclic) bond motifs is 1. The molecule has 9 heteroatoms. The summed E-state index contributed by atoms with van der Waals surface area (Å²) < 4.78 is 0. The Bertz CT molecular complexity index is 1120. The molecule has 4 rings (SSSR count). The lowest BCUT2D eigenvalue weighted by molar-refractivity contribution is -0.121. The van der Waals surface area contributed by atoms with Crippen LogP contribution in [0.5, 0.6) is 0 Å². The Morgan fingerprint density at radius 2 is 2.07 bits per heavy atom. The number of halogens is 1. The number of anilines is 1. The van der Waals surface area contributed by atoms with Gasteiger partial charge in [-0.15, -0.1) is 12.4 Å². The molecule has 156 valence electrons. The minimum atomic E-state index is -0.355. The van der Waals surface area contributed by atoms with Crippen LogP contribution >= 0.6 is 12.4 Å². The molecule has 30 heavy (non-hydrogen) atoms. The first kappa shape index (κ1) is 21.4. The third-order valence-corrected chi connectivity index (χ3v) is 5.15. The molecule has 1 aliphatic rings. The van der Waals surface area contributed by atoms with Crippen LogP contribution in [0.1, 0.15) is 41.3 Å². The fourth-order valence-electron chi connectivity index (χ4n) is 3.74. The Morgan fingerprint density at radius 1 is 1.30 bits per heavy atom. The highest BCUT2D eigenvalue weighted by Crippen LogP contribution is 2.31. The van der Waals surface area contributed by atoms with Crippen molar-refractivity contribution in [3.05, 3.63) is 69.4 Å². The van der Waals surface area contributed by atoms with Crippen LogP contribution in [-0.2, 0) is 17.6 Å². The lowest BCUT2D eigenvalue weighted by Crippen LogP contribution is -2.34. The molecular weight excluding hydrogens is 404 g/mol. The third-order valence-electron chi connectivity index (χ3n) is 5.15. The van der Waals surface area contributed by atoms with Crippen LogP contribution in [-0.4, -0.2) is 25.8 Å². The Hall–Kier alpha value is -3.26. The van der Waals surface area contributed by atoms with Crippen LogP contribution in [0.4, 0.5) is 5.69 Å². The molecular formula is C21H23ClN6O2. The lowest BCUT2D eigenvalue weighted by Gasteiger charge is -2.26. The van der Waals surface area contributed by atoms with E-state index in [4.69, 9.17) is 5.73 Å². The molecule has 4 N–H and O–H groups in total. The van der Waals surface area contributed by atoms with Gasteiger partial charge in [0.1, 0.15) is 0 Å². The minimum absolute atomic E-state index is 0. The highest BCUT2D eigenvalue weighted by molar-refractivity contribution is 5.85. The van der Waals surface area contributed by atoms with E-state index in [9.17, 15) is 9.59 Å². The van der Waals surface area contributed by atoms with Crippen LogP contribution in [0.15, 0.2) is 41.5 Å². The number of hydrogen-bond donors (Lipinski definition) is 3. The lowest BCUT2D eigenvalue weighted by atomic mass is 9.87. The van der Waals surface area contributed by atoms with E-state index in [2.05, 4.69) is 25.3 Å². The Balaban J connectivity index is 0.00000256. The predicted octanol–water partition coefficient (Wildman–Crippen LogP) is 2.28. The van der Waals surface area contributed by atoms with E-state index in [-0.39, 0.29) is 42.2 Å². The van der Waals surface area contributed by atoms with Crippen LogP contribution < -0.4 is 16.6 Å². The molecule has 0 fully saturated rings. The Morgan fingerprint density at radius 3 is 2.80 bits per heavy atom. The second-order valence-corrected chi connectivity index (χ2v) is 7.20. The smallest absolute Gasteiger partial charge is 0.255 e. The number of amides is 1. The van der Waals surface area contributed by atoms with E-state index in [0.717, 1.165) is 30.5 Å². The van der Waals surface area contributed by atoms with E-state index in [1.165, 1.54) is 5.56 Å². The van der Waals surface area contributed by atoms with E-state index in [0.29, 0.717) is 17.1 Å². The minimum Gasteiger partial charge on any atom is -0.399 e. The van der Waals surface area contributed by atoms with Gasteiger partial charge in [0.2, 0.25) is 5.91 Å². The molecule has 1 unspecified atom stereocenters. The first-order valence-corrected chi connectivity index (χ1v) is 9.56. The summed E-state index contributed by atoms with van der Waals surface area (Å²) in [6.07, 6.45) is 5.92. The molecule has 0 bridgehead atoms. The first-order valence-electron chi connectivity index (χ1n) is 9.56. The van der Waals surface area contributed by atoms with Gasteiger partial charge in [0.25, 0.3) is 5.56 Å². The number of nitrogens with zero attached hydrogens (tertiary/aromatic N) is 3. The molecule has 1 aromatic carbocycles. The molecule has 3 aromatic rings. The van der Waals surface area contributed by atoms with Gasteiger partial charge in [0.05, 0.1) is 12.5 Å². The van der Waals surface area contributed by atoms with Gasteiger partial charge in [0, 0.05) is 29.3 Å². The van der Waals surface area contributed by atoms with Crippen molar-refractivity contribution in [2.45, 2.75) is 38.6 Å². The zero-order chi connectivity index (χ0) is 20.4. The molecule has 2 aromatic heterocycles. The van der Waals surface area contributed by atoms with Gasteiger partial charge in [0.15, 0.2) is 11.6 Å². The Kier molecular flexibility index (Phi) is 6.47. The normalized spacial score (nSPS) is 15.0. The summed E-state index contributed by atoms with van der Waals surface area (Å²) in [5, 5.41) is 3.06. The van der Waals surface area contributed by atoms with Gasteiger partial charge in [-0.1, -0.05) is 6.07 Å². The maximum Gasteiger partial charge on any atom is 0.255 e. The summed E-state index contributed by atoms with van der Waals surface area (Å²) in [5.74, 6) is 0.414. The second kappa shape index (κ2) is 9.04. The zero-order valence-corrected chi connectivity index (χ0v) is 17.3. The number of carbonyl (C=O) groups is 1. The number of rotatable bonds is 4. The van der Waals surface area contributed by atoms with Crippen molar-refractivity contribution in [3.8, 4) is 11.6 Å². The molecule has 0 aliphatic heterocycles.